The van der Waals surface area contributed by atoms with Crippen molar-refractivity contribution in [1.29, 1.82) is 0 Å². The van der Waals surface area contributed by atoms with E-state index >= 15 is 0 Å². The van der Waals surface area contributed by atoms with Crippen molar-refractivity contribution < 1.29 is 29.9 Å². The second-order valence-electron chi connectivity index (χ2n) is 13.4. The van der Waals surface area contributed by atoms with Gasteiger partial charge in [-0.25, -0.2) is 4.98 Å². The van der Waals surface area contributed by atoms with Gasteiger partial charge in [0, 0.05) is 89.2 Å². The first-order chi connectivity index (χ1) is 24.5. The van der Waals surface area contributed by atoms with Crippen LogP contribution in [0.1, 0.15) is 30.4 Å². The molecule has 0 saturated heterocycles. The maximum Gasteiger partial charge on any atom is 0.137 e. The molecular weight excluding hydrogens is 786 g/mol. The first-order valence-corrected chi connectivity index (χ1v) is 16.0. The Kier molecular flexibility index (Phi) is 6.55. The molecule has 7 heteroatoms. The van der Waals surface area contributed by atoms with Gasteiger partial charge in [0.2, 0.25) is 0 Å². The van der Waals surface area contributed by atoms with Gasteiger partial charge in [-0.15, -0.1) is 47.0 Å². The minimum absolute atomic E-state index is 0. The summed E-state index contributed by atoms with van der Waals surface area (Å²) >= 11 is 0. The minimum Gasteiger partial charge on any atom is -0.509 e. The molecule has 3 aromatic heterocycles. The van der Waals surface area contributed by atoms with Crippen LogP contribution in [-0.2, 0) is 33.5 Å². The van der Waals surface area contributed by atoms with E-state index in [0.717, 1.165) is 55.3 Å². The van der Waals surface area contributed by atoms with Crippen molar-refractivity contribution in [1.82, 2.24) is 14.1 Å². The van der Waals surface area contributed by atoms with Gasteiger partial charge in [-0.3, -0.25) is 0 Å². The number of para-hydroxylation sites is 4. The third-order valence-corrected chi connectivity index (χ3v) is 9.38. The van der Waals surface area contributed by atoms with Gasteiger partial charge in [0.25, 0.3) is 0 Å². The second-order valence-corrected chi connectivity index (χ2v) is 13.4. The number of fused-ring (bicyclic) bond motifs is 7. The quantitative estimate of drug-likeness (QED) is 0.166. The Balaban J connectivity index is 0.00000387. The molecule has 6 nitrogen and oxygen atoms in total. The number of aryl methyl sites for hydroxylation is 1. The molecule has 0 radical (unpaired) electrons. The van der Waals surface area contributed by atoms with Gasteiger partial charge >= 0.3 is 0 Å². The van der Waals surface area contributed by atoms with E-state index in [1.54, 1.807) is 6.67 Å². The zero-order valence-electron chi connectivity index (χ0n) is 30.4. The molecule has 0 fully saturated rings. The minimum atomic E-state index is -2.35. The number of benzene rings is 5. The summed E-state index contributed by atoms with van der Waals surface area (Å²) in [5, 5.41) is 4.42. The SMILES string of the molecule is [2H]C([2H])([2H])N1[CH-]N(c2[c-]c(Oc3[c-]c4c(cc3)c3ccccc3n4-c3cc4c(cn3)c3ccccc3n4C)cc(C(C)(C)C)c2)c2ccccc21.[Pt]. The number of hydrogen-bond acceptors (Lipinski definition) is 4. The molecule has 4 heterocycles. The Morgan fingerprint density at radius 3 is 2.22 bits per heavy atom. The summed E-state index contributed by atoms with van der Waals surface area (Å²) in [5.41, 5.74) is 6.97. The van der Waals surface area contributed by atoms with Crippen molar-refractivity contribution in [2.24, 2.45) is 7.05 Å². The predicted octanol–water partition coefficient (Wildman–Crippen LogP) is 10.2. The van der Waals surface area contributed by atoms with E-state index in [9.17, 15) is 0 Å². The van der Waals surface area contributed by atoms with Crippen molar-refractivity contribution in [2.75, 3.05) is 16.8 Å². The number of nitrogens with zero attached hydrogens (tertiary/aromatic N) is 5. The average Bonchev–Trinajstić information content (AvgIpc) is 3.76. The third kappa shape index (κ3) is 5.00. The molecule has 8 aromatic rings. The molecule has 0 aliphatic carbocycles. The van der Waals surface area contributed by atoms with E-state index in [-0.39, 0.29) is 26.5 Å². The molecule has 0 unspecified atom stereocenters. The van der Waals surface area contributed by atoms with Crippen LogP contribution in [0.15, 0.2) is 109 Å². The summed E-state index contributed by atoms with van der Waals surface area (Å²) in [5.74, 6) is 1.82. The van der Waals surface area contributed by atoms with Crippen LogP contribution in [0.25, 0.3) is 49.4 Å². The number of anilines is 3. The standard InChI is InChI=1S/C42H34N5O.Pt/c1-42(2,3)27-20-28(46-26-44(4)37-16-10-11-17-38(37)46)22-30(21-27)48-29-18-19-33-31-12-7-9-15-36(31)47(40(33)23-29)41-24-39-34(25-43-41)32-13-6-8-14-35(32)45(39)5;/h6-21,24-26H,1-5H3;/q-3;/i4D3;. The Morgan fingerprint density at radius 1 is 0.735 bits per heavy atom. The molecule has 49 heavy (non-hydrogen) atoms. The Morgan fingerprint density at radius 2 is 1.45 bits per heavy atom. The summed E-state index contributed by atoms with van der Waals surface area (Å²) < 4.78 is 35.4. The molecule has 0 spiro atoms. The molecule has 0 N–H and O–H groups in total. The van der Waals surface area contributed by atoms with E-state index in [2.05, 4.69) is 97.6 Å². The van der Waals surface area contributed by atoms with Gasteiger partial charge in [-0.05, 0) is 42.0 Å². The number of rotatable bonds is 4. The zero-order valence-corrected chi connectivity index (χ0v) is 29.7. The molecule has 0 amide bonds. The molecule has 1 aliphatic rings. The summed E-state index contributed by atoms with van der Waals surface area (Å²) in [6.45, 7) is 5.70. The van der Waals surface area contributed by atoms with Crippen LogP contribution in [0.4, 0.5) is 17.1 Å². The number of hydrogen-bond donors (Lipinski definition) is 0. The van der Waals surface area contributed by atoms with Crippen LogP contribution in [0.5, 0.6) is 11.5 Å². The van der Waals surface area contributed by atoms with Gasteiger partial charge in [-0.1, -0.05) is 74.8 Å². The van der Waals surface area contributed by atoms with Crippen LogP contribution in [0.2, 0.25) is 0 Å². The van der Waals surface area contributed by atoms with E-state index in [0.29, 0.717) is 22.9 Å². The molecular formula is C42H34N5OPt-3. The second kappa shape index (κ2) is 11.5. The Bertz CT molecular complexity index is 2670. The topological polar surface area (TPSA) is 38.5 Å². The van der Waals surface area contributed by atoms with Crippen LogP contribution >= 0.6 is 0 Å². The first kappa shape index (κ1) is 27.8. The molecule has 9 rings (SSSR count). The molecule has 246 valence electrons. The van der Waals surface area contributed by atoms with E-state index in [1.165, 1.54) is 10.3 Å². The Labute approximate surface area is 304 Å². The van der Waals surface area contributed by atoms with Crippen LogP contribution in [0.3, 0.4) is 0 Å². The summed E-state index contributed by atoms with van der Waals surface area (Å²) in [6, 6.07) is 41.4. The van der Waals surface area contributed by atoms with Crippen molar-refractivity contribution in [2.45, 2.75) is 26.2 Å². The largest absolute Gasteiger partial charge is 0.509 e. The van der Waals surface area contributed by atoms with Gasteiger partial charge in [0.15, 0.2) is 0 Å². The third-order valence-electron chi connectivity index (χ3n) is 9.38. The van der Waals surface area contributed by atoms with E-state index in [1.807, 2.05) is 65.7 Å². The normalized spacial score (nSPS) is 14.2. The van der Waals surface area contributed by atoms with Crippen molar-refractivity contribution in [3.63, 3.8) is 0 Å². The van der Waals surface area contributed by atoms with Gasteiger partial charge in [0.1, 0.15) is 5.82 Å². The summed E-state index contributed by atoms with van der Waals surface area (Å²) in [7, 11) is 2.09. The van der Waals surface area contributed by atoms with Crippen molar-refractivity contribution in [3.05, 3.63) is 134 Å². The van der Waals surface area contributed by atoms with Crippen LogP contribution < -0.4 is 14.5 Å². The van der Waals surface area contributed by atoms with E-state index in [4.69, 9.17) is 13.8 Å². The number of pyridine rings is 1. The number of ether oxygens (including phenoxy) is 1. The predicted molar refractivity (Wildman–Crippen MR) is 197 cm³/mol. The summed E-state index contributed by atoms with van der Waals surface area (Å²) in [4.78, 5) is 8.18. The van der Waals surface area contributed by atoms with Crippen LogP contribution in [0, 0.1) is 18.8 Å². The van der Waals surface area contributed by atoms with Gasteiger partial charge in [0.05, 0.1) is 5.52 Å². The van der Waals surface area contributed by atoms with Crippen molar-refractivity contribution >= 4 is 60.7 Å². The molecule has 0 atom stereocenters. The monoisotopic (exact) mass is 822 g/mol. The fourth-order valence-electron chi connectivity index (χ4n) is 6.90. The average molecular weight is 823 g/mol. The summed E-state index contributed by atoms with van der Waals surface area (Å²) in [6.07, 6.45) is 1.96. The molecule has 0 saturated carbocycles. The maximum absolute atomic E-state index is 8.16. The smallest absolute Gasteiger partial charge is 0.137 e. The van der Waals surface area contributed by atoms with Gasteiger partial charge in [-0.2, -0.15) is 12.7 Å². The molecule has 0 bridgehead atoms. The maximum atomic E-state index is 8.16. The molecule has 1 aliphatic heterocycles. The number of aromatic nitrogens is 3. The first-order valence-electron chi connectivity index (χ1n) is 17.5. The van der Waals surface area contributed by atoms with Crippen LogP contribution in [-0.4, -0.2) is 21.1 Å². The molecule has 5 aromatic carbocycles. The zero-order chi connectivity index (χ0) is 35.2. The fourth-order valence-corrected chi connectivity index (χ4v) is 6.90. The van der Waals surface area contributed by atoms with Gasteiger partial charge < -0.3 is 23.7 Å². The fraction of sp³-hybridized carbons (Fsp3) is 0.143. The Hall–Kier alpha value is -5.06. The van der Waals surface area contributed by atoms with Crippen molar-refractivity contribution in [3.8, 4) is 17.3 Å². The van der Waals surface area contributed by atoms with E-state index < -0.39 is 6.98 Å².